The van der Waals surface area contributed by atoms with Crippen LogP contribution in [-0.4, -0.2) is 0 Å². The summed E-state index contributed by atoms with van der Waals surface area (Å²) in [7, 11) is 0. The lowest BCUT2D eigenvalue weighted by Gasteiger charge is -2.22. The van der Waals surface area contributed by atoms with E-state index in [0.717, 1.165) is 12.3 Å². The van der Waals surface area contributed by atoms with Crippen LogP contribution in [0.5, 0.6) is 0 Å². The largest absolute Gasteiger partial charge is 0.0835 e. The maximum Gasteiger partial charge on any atom is -0.00231 e. The van der Waals surface area contributed by atoms with E-state index in [9.17, 15) is 0 Å². The van der Waals surface area contributed by atoms with Gasteiger partial charge in [-0.15, -0.1) is 0 Å². The molecule has 1 aliphatic carbocycles. The molecular formula is C22H26. The monoisotopic (exact) mass is 290 g/mol. The maximum absolute atomic E-state index is 2.36. The molecular weight excluding hydrogens is 264 g/mol. The molecule has 0 amide bonds. The van der Waals surface area contributed by atoms with Gasteiger partial charge >= 0.3 is 0 Å². The molecule has 2 aromatic rings. The maximum atomic E-state index is 2.36. The van der Waals surface area contributed by atoms with E-state index in [1.165, 1.54) is 48.8 Å². The number of hydrogen-bond donors (Lipinski definition) is 0. The van der Waals surface area contributed by atoms with Crippen LogP contribution in [0.2, 0.25) is 0 Å². The molecule has 0 radical (unpaired) electrons. The van der Waals surface area contributed by atoms with Crippen molar-refractivity contribution in [3.63, 3.8) is 0 Å². The van der Waals surface area contributed by atoms with Gasteiger partial charge in [0.05, 0.1) is 0 Å². The Kier molecular flexibility index (Phi) is 5.11. The summed E-state index contributed by atoms with van der Waals surface area (Å²) in [6.45, 7) is 2.14. The average Bonchev–Trinajstić information content (AvgIpc) is 2.62. The van der Waals surface area contributed by atoms with Gasteiger partial charge < -0.3 is 0 Å². The van der Waals surface area contributed by atoms with Gasteiger partial charge in [-0.25, -0.2) is 0 Å². The quantitative estimate of drug-likeness (QED) is 0.613. The molecule has 0 N–H and O–H groups in total. The summed E-state index contributed by atoms with van der Waals surface area (Å²) in [5.74, 6) is 0.804. The van der Waals surface area contributed by atoms with Crippen LogP contribution >= 0.6 is 0 Å². The molecule has 0 unspecified atom stereocenters. The lowest BCUT2D eigenvalue weighted by molar-refractivity contribution is 0.443. The predicted molar refractivity (Wildman–Crippen MR) is 96.1 cm³/mol. The van der Waals surface area contributed by atoms with Gasteiger partial charge in [-0.05, 0) is 54.4 Å². The van der Waals surface area contributed by atoms with Crippen molar-refractivity contribution >= 4 is 5.57 Å². The van der Waals surface area contributed by atoms with Crippen LogP contribution in [0, 0.1) is 0 Å². The fraction of sp³-hybridized carbons (Fsp3) is 0.364. The highest BCUT2D eigenvalue weighted by Gasteiger charge is 2.15. The molecule has 0 heterocycles. The van der Waals surface area contributed by atoms with Crippen molar-refractivity contribution in [3.8, 4) is 0 Å². The topological polar surface area (TPSA) is 0 Å². The van der Waals surface area contributed by atoms with Crippen molar-refractivity contribution in [1.82, 2.24) is 0 Å². The van der Waals surface area contributed by atoms with Crippen LogP contribution in [0.15, 0.2) is 60.7 Å². The smallest absolute Gasteiger partial charge is 0.00231 e. The van der Waals surface area contributed by atoms with Crippen LogP contribution in [0.25, 0.3) is 5.57 Å². The Morgan fingerprint density at radius 1 is 0.909 bits per heavy atom. The van der Waals surface area contributed by atoms with E-state index in [2.05, 4.69) is 67.6 Å². The van der Waals surface area contributed by atoms with E-state index in [4.69, 9.17) is 0 Å². The van der Waals surface area contributed by atoms with Gasteiger partial charge in [-0.3, -0.25) is 0 Å². The summed E-state index contributed by atoms with van der Waals surface area (Å²) in [5, 5.41) is 0. The third kappa shape index (κ3) is 3.68. The zero-order valence-electron chi connectivity index (χ0n) is 13.6. The Hall–Kier alpha value is -1.82. The third-order valence-electron chi connectivity index (χ3n) is 4.94. The van der Waals surface area contributed by atoms with Gasteiger partial charge in [-0.1, -0.05) is 79.9 Å². The van der Waals surface area contributed by atoms with E-state index in [1.807, 2.05) is 0 Å². The minimum atomic E-state index is 0.804. The second-order valence-electron chi connectivity index (χ2n) is 6.43. The second-order valence-corrected chi connectivity index (χ2v) is 6.43. The second kappa shape index (κ2) is 7.45. The van der Waals surface area contributed by atoms with Crippen molar-refractivity contribution in [3.05, 3.63) is 77.4 Å². The highest BCUT2D eigenvalue weighted by atomic mass is 14.2. The lowest BCUT2D eigenvalue weighted by atomic mass is 9.83. The zero-order chi connectivity index (χ0) is 15.2. The highest BCUT2D eigenvalue weighted by Crippen LogP contribution is 2.32. The summed E-state index contributed by atoms with van der Waals surface area (Å²) in [6, 6.07) is 20.1. The minimum absolute atomic E-state index is 0.804. The number of hydrogen-bond acceptors (Lipinski definition) is 0. The fourth-order valence-corrected chi connectivity index (χ4v) is 3.59. The molecule has 114 valence electrons. The Morgan fingerprint density at radius 3 is 2.23 bits per heavy atom. The molecule has 1 saturated carbocycles. The molecule has 2 aromatic carbocycles. The van der Waals surface area contributed by atoms with Gasteiger partial charge in [0.2, 0.25) is 0 Å². The first kappa shape index (κ1) is 15.1. The molecule has 0 bridgehead atoms. The molecule has 1 fully saturated rings. The van der Waals surface area contributed by atoms with E-state index in [0.29, 0.717) is 0 Å². The summed E-state index contributed by atoms with van der Waals surface area (Å²) in [6.07, 6.45) is 10.3. The Balaban J connectivity index is 1.70. The standard InChI is InChI=1S/C22H26/c1-2-19(20-9-5-3-6-10-20)17-18-13-15-22(16-14-18)21-11-7-4-8-12-21/h2-3,5-6,9-10,13-16,21H,4,7-8,11-12,17H2,1H3. The first-order chi connectivity index (χ1) is 10.9. The molecule has 0 atom stereocenters. The van der Waals surface area contributed by atoms with Gasteiger partial charge in [0.15, 0.2) is 0 Å². The third-order valence-corrected chi connectivity index (χ3v) is 4.94. The van der Waals surface area contributed by atoms with Crippen LogP contribution in [0.1, 0.15) is 61.6 Å². The van der Waals surface area contributed by atoms with Crippen molar-refractivity contribution in [2.24, 2.45) is 0 Å². The zero-order valence-corrected chi connectivity index (χ0v) is 13.6. The Morgan fingerprint density at radius 2 is 1.59 bits per heavy atom. The van der Waals surface area contributed by atoms with Gasteiger partial charge in [0.1, 0.15) is 0 Å². The summed E-state index contributed by atoms with van der Waals surface area (Å²) in [5.41, 5.74) is 5.70. The summed E-state index contributed by atoms with van der Waals surface area (Å²) < 4.78 is 0. The lowest BCUT2D eigenvalue weighted by Crippen LogP contribution is -2.04. The number of rotatable bonds is 4. The van der Waals surface area contributed by atoms with Crippen LogP contribution in [0.3, 0.4) is 0 Å². The molecule has 0 aromatic heterocycles. The van der Waals surface area contributed by atoms with Gasteiger partial charge in [0.25, 0.3) is 0 Å². The molecule has 22 heavy (non-hydrogen) atoms. The Labute approximate surface area is 134 Å². The molecule has 0 aliphatic heterocycles. The first-order valence-corrected chi connectivity index (χ1v) is 8.66. The van der Waals surface area contributed by atoms with E-state index in [-0.39, 0.29) is 0 Å². The van der Waals surface area contributed by atoms with Crippen LogP contribution in [-0.2, 0) is 6.42 Å². The van der Waals surface area contributed by atoms with Crippen molar-refractivity contribution in [2.45, 2.75) is 51.4 Å². The fourth-order valence-electron chi connectivity index (χ4n) is 3.59. The highest BCUT2D eigenvalue weighted by molar-refractivity contribution is 5.67. The molecule has 1 aliphatic rings. The normalized spacial score (nSPS) is 16.7. The SMILES string of the molecule is CC=C(Cc1ccc(C2CCCCC2)cc1)c1ccccc1. The van der Waals surface area contributed by atoms with Crippen molar-refractivity contribution < 1.29 is 0 Å². The van der Waals surface area contributed by atoms with Crippen LogP contribution in [0.4, 0.5) is 0 Å². The Bertz CT molecular complexity index is 598. The molecule has 0 saturated heterocycles. The molecule has 0 heteroatoms. The van der Waals surface area contributed by atoms with Crippen molar-refractivity contribution in [2.75, 3.05) is 0 Å². The predicted octanol–water partition coefficient (Wildman–Crippen LogP) is 6.38. The number of allylic oxidation sites excluding steroid dienone is 2. The van der Waals surface area contributed by atoms with E-state index in [1.54, 1.807) is 5.56 Å². The first-order valence-electron chi connectivity index (χ1n) is 8.66. The van der Waals surface area contributed by atoms with E-state index >= 15 is 0 Å². The van der Waals surface area contributed by atoms with Crippen LogP contribution < -0.4 is 0 Å². The number of benzene rings is 2. The molecule has 0 nitrogen and oxygen atoms in total. The summed E-state index contributed by atoms with van der Waals surface area (Å²) >= 11 is 0. The summed E-state index contributed by atoms with van der Waals surface area (Å²) in [4.78, 5) is 0. The van der Waals surface area contributed by atoms with Gasteiger partial charge in [0, 0.05) is 0 Å². The van der Waals surface area contributed by atoms with Crippen molar-refractivity contribution in [1.29, 1.82) is 0 Å². The van der Waals surface area contributed by atoms with E-state index < -0.39 is 0 Å². The molecule has 3 rings (SSSR count). The average molecular weight is 290 g/mol. The molecule has 0 spiro atoms. The van der Waals surface area contributed by atoms with Gasteiger partial charge in [-0.2, -0.15) is 0 Å². The minimum Gasteiger partial charge on any atom is -0.0835 e.